The van der Waals surface area contributed by atoms with Crippen LogP contribution in [0.4, 0.5) is 11.4 Å². The summed E-state index contributed by atoms with van der Waals surface area (Å²) in [5, 5.41) is 56.9. The second-order valence-electron chi connectivity index (χ2n) is 11.2. The van der Waals surface area contributed by atoms with E-state index >= 15 is 0 Å². The van der Waals surface area contributed by atoms with E-state index in [1.54, 1.807) is 74.5 Å². The van der Waals surface area contributed by atoms with Crippen molar-refractivity contribution in [3.8, 4) is 28.9 Å². The van der Waals surface area contributed by atoms with Gasteiger partial charge in [0, 0.05) is 29.8 Å². The number of rotatable bonds is 11. The van der Waals surface area contributed by atoms with Crippen molar-refractivity contribution < 1.29 is 66.8 Å². The van der Waals surface area contributed by atoms with Gasteiger partial charge in [-0.25, -0.2) is 23.7 Å². The third kappa shape index (κ3) is 9.37. The molecule has 0 spiro atoms. The molecular formula is C38H30CrN6O10. The summed E-state index contributed by atoms with van der Waals surface area (Å²) in [6.45, 7) is 3.70. The van der Waals surface area contributed by atoms with Gasteiger partial charge in [-0.2, -0.15) is 10.2 Å². The molecule has 55 heavy (non-hydrogen) atoms. The van der Waals surface area contributed by atoms with Gasteiger partial charge in [0.05, 0.1) is 62.0 Å². The van der Waals surface area contributed by atoms with E-state index in [9.17, 15) is 39.6 Å². The number of carboxylic acid groups (broad SMARTS) is 3. The summed E-state index contributed by atoms with van der Waals surface area (Å²) in [4.78, 5) is 52.2. The number of ether oxygens (including phenoxy) is 1. The molecule has 0 saturated carbocycles. The van der Waals surface area contributed by atoms with Gasteiger partial charge in [0.15, 0.2) is 0 Å². The summed E-state index contributed by atoms with van der Waals surface area (Å²) >= 11 is 0. The van der Waals surface area contributed by atoms with Crippen LogP contribution in [-0.2, 0) is 22.2 Å². The van der Waals surface area contributed by atoms with E-state index in [-0.39, 0.29) is 57.2 Å². The minimum atomic E-state index is -1.10. The molecule has 0 aliphatic carbocycles. The van der Waals surface area contributed by atoms with Crippen LogP contribution in [0.3, 0.4) is 0 Å². The van der Waals surface area contributed by atoms with Crippen molar-refractivity contribution in [1.82, 2.24) is 19.6 Å². The predicted molar refractivity (Wildman–Crippen MR) is 195 cm³/mol. The Labute approximate surface area is 322 Å². The number of aromatic nitrogens is 4. The van der Waals surface area contributed by atoms with Crippen molar-refractivity contribution in [3.05, 3.63) is 136 Å². The van der Waals surface area contributed by atoms with Crippen LogP contribution in [0.1, 0.15) is 53.6 Å². The first-order valence-electron chi connectivity index (χ1n) is 15.7. The molecule has 0 fully saturated rings. The van der Waals surface area contributed by atoms with Gasteiger partial charge in [-0.1, -0.05) is 24.3 Å². The fraction of sp³-hybridized carbons (Fsp3) is 0.0526. The summed E-state index contributed by atoms with van der Waals surface area (Å²) in [5.41, 5.74) is 3.46. The third-order valence-corrected chi connectivity index (χ3v) is 7.72. The number of carbonyl (C=O) groups excluding carboxylic acids is 1. The Morgan fingerprint density at radius 1 is 0.618 bits per heavy atom. The number of aliphatic imine (C=N–C) groups is 2. The molecule has 278 valence electrons. The number of aromatic hydroxyl groups is 2. The third-order valence-electron chi connectivity index (χ3n) is 7.72. The van der Waals surface area contributed by atoms with Crippen molar-refractivity contribution in [2.45, 2.75) is 13.8 Å². The number of aromatic carboxylic acids is 3. The molecule has 5 N–H and O–H groups in total. The standard InChI is InChI=1S/2C19H15N3O5.Cr/c1-12-16(10-20-17-5-3-2-4-15(17)19(25)26)18(24)22(21-12)13-6-8-14(9-7-13)27-11-23;1-11-15(10-20-16-5-3-2-4-14(16)19(26)27)17(23)22(21-11)13-8-6-12(7-9-13)18(24)25;/h2-11,24H,1H3,(H,25,26);2-10,23H,1H3,(H,24,25)(H,26,27);. The van der Waals surface area contributed by atoms with Crippen LogP contribution in [-0.4, -0.2) is 81.9 Å². The van der Waals surface area contributed by atoms with E-state index in [1.807, 2.05) is 0 Å². The Morgan fingerprint density at radius 2 is 1.02 bits per heavy atom. The summed E-state index contributed by atoms with van der Waals surface area (Å²) in [7, 11) is 0. The molecule has 0 saturated heterocycles. The number of hydrogen-bond acceptors (Lipinski definition) is 11. The second kappa shape index (κ2) is 17.9. The molecule has 6 rings (SSSR count). The van der Waals surface area contributed by atoms with E-state index in [0.29, 0.717) is 46.1 Å². The monoisotopic (exact) mass is 782 g/mol. The number of hydrogen-bond donors (Lipinski definition) is 5. The van der Waals surface area contributed by atoms with Crippen molar-refractivity contribution in [3.63, 3.8) is 0 Å². The molecule has 0 radical (unpaired) electrons. The zero-order valence-electron chi connectivity index (χ0n) is 28.8. The fourth-order valence-electron chi connectivity index (χ4n) is 4.99. The van der Waals surface area contributed by atoms with Crippen molar-refractivity contribution >= 4 is 48.2 Å². The molecule has 16 nitrogen and oxygen atoms in total. The molecule has 4 aromatic carbocycles. The van der Waals surface area contributed by atoms with Crippen LogP contribution < -0.4 is 4.74 Å². The van der Waals surface area contributed by atoms with E-state index in [1.165, 1.54) is 58.2 Å². The van der Waals surface area contributed by atoms with Crippen LogP contribution in [0.25, 0.3) is 11.4 Å². The summed E-state index contributed by atoms with van der Waals surface area (Å²) in [5.74, 6) is -3.20. The van der Waals surface area contributed by atoms with Gasteiger partial charge < -0.3 is 30.3 Å². The molecule has 0 aliphatic rings. The maximum absolute atomic E-state index is 11.3. The molecule has 2 heterocycles. The molecular weight excluding hydrogens is 752 g/mol. The Morgan fingerprint density at radius 3 is 1.40 bits per heavy atom. The quantitative estimate of drug-likeness (QED) is 0.0763. The molecule has 0 amide bonds. The normalized spacial score (nSPS) is 10.7. The Balaban J connectivity index is 0.000000240. The zero-order chi connectivity index (χ0) is 38.9. The number of carboxylic acids is 3. The predicted octanol–water partition coefficient (Wildman–Crippen LogP) is 5.90. The molecule has 6 aromatic rings. The SMILES string of the molecule is Cc1nn(-c2ccc(C(=O)O)cc2)c(O)c1C=Nc1ccccc1C(=O)O.Cc1nn(-c2ccc(OC=O)cc2)c(O)c1C=Nc1ccccc1C(=O)O.[Cr]. The van der Waals surface area contributed by atoms with Crippen LogP contribution in [0.2, 0.25) is 0 Å². The minimum Gasteiger partial charge on any atom is -0.493 e. The van der Waals surface area contributed by atoms with Crippen LogP contribution in [0, 0.1) is 13.8 Å². The number of nitrogens with zero attached hydrogens (tertiary/aromatic N) is 6. The summed E-state index contributed by atoms with van der Waals surface area (Å²) in [6, 6.07) is 24.8. The van der Waals surface area contributed by atoms with Gasteiger partial charge in [0.2, 0.25) is 11.8 Å². The smallest absolute Gasteiger partial charge is 0.337 e. The maximum Gasteiger partial charge on any atom is 0.337 e. The topological polar surface area (TPSA) is 239 Å². The van der Waals surface area contributed by atoms with Gasteiger partial charge in [-0.3, -0.25) is 14.8 Å². The summed E-state index contributed by atoms with van der Waals surface area (Å²) in [6.07, 6.45) is 2.72. The second-order valence-corrected chi connectivity index (χ2v) is 11.2. The van der Waals surface area contributed by atoms with E-state index in [4.69, 9.17) is 9.84 Å². The average Bonchev–Trinajstić information content (AvgIpc) is 3.62. The fourth-order valence-corrected chi connectivity index (χ4v) is 4.99. The zero-order valence-corrected chi connectivity index (χ0v) is 30.1. The first kappa shape index (κ1) is 40.4. The largest absolute Gasteiger partial charge is 0.493 e. The van der Waals surface area contributed by atoms with Gasteiger partial charge >= 0.3 is 17.9 Å². The van der Waals surface area contributed by atoms with Crippen molar-refractivity contribution in [2.24, 2.45) is 9.98 Å². The first-order chi connectivity index (χ1) is 25.9. The minimum absolute atomic E-state index is 0. The Bertz CT molecular complexity index is 2420. The molecule has 17 heteroatoms. The van der Waals surface area contributed by atoms with E-state index in [2.05, 4.69) is 20.2 Å². The Kier molecular flexibility index (Phi) is 13.2. The number of aryl methyl sites for hydroxylation is 2. The number of carbonyl (C=O) groups is 4. The van der Waals surface area contributed by atoms with Crippen LogP contribution in [0.5, 0.6) is 17.5 Å². The summed E-state index contributed by atoms with van der Waals surface area (Å²) < 4.78 is 7.30. The van der Waals surface area contributed by atoms with Crippen LogP contribution >= 0.6 is 0 Å². The molecule has 0 atom stereocenters. The average molecular weight is 783 g/mol. The van der Waals surface area contributed by atoms with Crippen molar-refractivity contribution in [2.75, 3.05) is 0 Å². The molecule has 0 unspecified atom stereocenters. The van der Waals surface area contributed by atoms with Crippen LogP contribution in [0.15, 0.2) is 107 Å². The Hall–Kier alpha value is -7.35. The van der Waals surface area contributed by atoms with Gasteiger partial charge in [0.25, 0.3) is 6.47 Å². The van der Waals surface area contributed by atoms with Gasteiger partial charge in [-0.05, 0) is 86.6 Å². The number of para-hydroxylation sites is 2. The van der Waals surface area contributed by atoms with E-state index < -0.39 is 17.9 Å². The molecule has 0 bridgehead atoms. The first-order valence-corrected chi connectivity index (χ1v) is 15.7. The van der Waals surface area contributed by atoms with Gasteiger partial charge in [0.1, 0.15) is 5.75 Å². The van der Waals surface area contributed by atoms with Crippen molar-refractivity contribution in [1.29, 1.82) is 0 Å². The molecule has 0 aliphatic heterocycles. The van der Waals surface area contributed by atoms with Gasteiger partial charge in [-0.15, -0.1) is 0 Å². The van der Waals surface area contributed by atoms with E-state index in [0.717, 1.165) is 0 Å². The maximum atomic E-state index is 11.3. The molecule has 2 aromatic heterocycles. The number of benzene rings is 4.